The highest BCUT2D eigenvalue weighted by Crippen LogP contribution is 2.37. The van der Waals surface area contributed by atoms with Crippen molar-refractivity contribution in [2.45, 2.75) is 50.0 Å². The number of halogens is 4. The molecule has 1 aliphatic heterocycles. The molecule has 0 unspecified atom stereocenters. The Labute approximate surface area is 228 Å². The lowest BCUT2D eigenvalue weighted by Gasteiger charge is -2.33. The van der Waals surface area contributed by atoms with Gasteiger partial charge in [-0.25, -0.2) is 13.4 Å². The zero-order valence-electron chi connectivity index (χ0n) is 21.3. The Kier molecular flexibility index (Phi) is 8.37. The van der Waals surface area contributed by atoms with Crippen LogP contribution in [0.25, 0.3) is 10.9 Å². The van der Waals surface area contributed by atoms with Gasteiger partial charge in [-0.1, -0.05) is 18.5 Å². The average Bonchev–Trinajstić information content (AvgIpc) is 2.89. The fraction of sp³-hybridized carbons (Fsp3) is 0.423. The first kappa shape index (κ1) is 29.0. The van der Waals surface area contributed by atoms with Gasteiger partial charge in [0.25, 0.3) is 5.56 Å². The van der Waals surface area contributed by atoms with Crippen molar-refractivity contribution in [3.05, 3.63) is 68.2 Å². The van der Waals surface area contributed by atoms with E-state index in [4.69, 9.17) is 11.6 Å². The highest BCUT2D eigenvalue weighted by atomic mass is 35.5. The maximum Gasteiger partial charge on any atom is 0.416 e. The van der Waals surface area contributed by atoms with Crippen LogP contribution in [0.1, 0.15) is 42.0 Å². The van der Waals surface area contributed by atoms with E-state index >= 15 is 0 Å². The number of alkyl halides is 3. The molecular formula is C26H27ClF3N5O3S. The zero-order valence-corrected chi connectivity index (χ0v) is 22.9. The summed E-state index contributed by atoms with van der Waals surface area (Å²) in [6.07, 6.45) is -2.01. The van der Waals surface area contributed by atoms with Crippen LogP contribution in [0.4, 0.5) is 13.2 Å². The number of rotatable bonds is 7. The van der Waals surface area contributed by atoms with Gasteiger partial charge in [-0.3, -0.25) is 14.3 Å². The number of sulfone groups is 1. The van der Waals surface area contributed by atoms with E-state index in [1.807, 2.05) is 11.0 Å². The smallest absolute Gasteiger partial charge is 0.316 e. The third-order valence-electron chi connectivity index (χ3n) is 7.02. The number of hydrogen-bond donors (Lipinski definition) is 1. The predicted octanol–water partition coefficient (Wildman–Crippen LogP) is 3.97. The molecule has 0 amide bonds. The van der Waals surface area contributed by atoms with Crippen LogP contribution < -0.4 is 10.9 Å². The Balaban J connectivity index is 1.86. The quantitative estimate of drug-likeness (QED) is 0.450. The number of nitrogens with zero attached hydrogens (tertiary/aromatic N) is 4. The minimum absolute atomic E-state index is 0.0353. The van der Waals surface area contributed by atoms with E-state index in [-0.39, 0.29) is 62.4 Å². The largest absolute Gasteiger partial charge is 0.416 e. The van der Waals surface area contributed by atoms with Crippen molar-refractivity contribution < 1.29 is 21.6 Å². The molecule has 39 heavy (non-hydrogen) atoms. The van der Waals surface area contributed by atoms with Crippen LogP contribution >= 0.6 is 11.6 Å². The molecule has 8 nitrogen and oxygen atoms in total. The van der Waals surface area contributed by atoms with Gasteiger partial charge in [-0.2, -0.15) is 18.4 Å². The monoisotopic (exact) mass is 581 g/mol. The first-order valence-corrected chi connectivity index (χ1v) is 14.4. The molecule has 0 aliphatic carbocycles. The first-order valence-electron chi connectivity index (χ1n) is 12.3. The predicted molar refractivity (Wildman–Crippen MR) is 141 cm³/mol. The van der Waals surface area contributed by atoms with Gasteiger partial charge in [-0.15, -0.1) is 0 Å². The number of nitrogens with one attached hydrogen (secondary N) is 1. The third kappa shape index (κ3) is 5.96. The minimum atomic E-state index is -4.82. The minimum Gasteiger partial charge on any atom is -0.316 e. The lowest BCUT2D eigenvalue weighted by Crippen LogP contribution is -2.44. The van der Waals surface area contributed by atoms with Gasteiger partial charge < -0.3 is 5.32 Å². The molecule has 13 heteroatoms. The summed E-state index contributed by atoms with van der Waals surface area (Å²) >= 11 is 6.07. The van der Waals surface area contributed by atoms with E-state index in [9.17, 15) is 31.6 Å². The second kappa shape index (κ2) is 11.3. The molecule has 0 spiro atoms. The molecule has 2 aromatic carbocycles. The van der Waals surface area contributed by atoms with E-state index in [1.54, 1.807) is 7.05 Å². The van der Waals surface area contributed by atoms with Crippen molar-refractivity contribution in [3.8, 4) is 6.07 Å². The van der Waals surface area contributed by atoms with Crippen molar-refractivity contribution in [3.63, 3.8) is 0 Å². The lowest BCUT2D eigenvalue weighted by atomic mass is 9.95. The fourth-order valence-electron chi connectivity index (χ4n) is 4.97. The summed E-state index contributed by atoms with van der Waals surface area (Å²) in [6, 6.07) is 6.86. The van der Waals surface area contributed by atoms with Gasteiger partial charge in [0.05, 0.1) is 45.6 Å². The van der Waals surface area contributed by atoms with E-state index in [0.29, 0.717) is 13.1 Å². The molecule has 208 valence electrons. The van der Waals surface area contributed by atoms with E-state index in [0.717, 1.165) is 29.8 Å². The van der Waals surface area contributed by atoms with Gasteiger partial charge in [0.1, 0.15) is 6.07 Å². The lowest BCUT2D eigenvalue weighted by molar-refractivity contribution is -0.138. The standard InChI is InChI=1S/C26H27ClF3N5O3S/c1-3-39(37,38)23-7-6-17(27)9-16(23)12-35-15-33-24-19(25(35)36)10-22(26(28,29)30)21(20(24)11-31)14-34-8-4-5-18(13-34)32-2/h6-7,9-10,15,18,32H,3-5,8,12-14H2,1-2H3/t18-/m0/s1. The maximum absolute atomic E-state index is 14.3. The number of hydrogen-bond acceptors (Lipinski definition) is 7. The van der Waals surface area contributed by atoms with Crippen LogP contribution in [0.2, 0.25) is 5.02 Å². The molecular weight excluding hydrogens is 555 g/mol. The summed E-state index contributed by atoms with van der Waals surface area (Å²) in [5.41, 5.74) is -2.34. The van der Waals surface area contributed by atoms with Crippen LogP contribution in [-0.2, 0) is 29.1 Å². The van der Waals surface area contributed by atoms with E-state index in [1.165, 1.54) is 25.1 Å². The summed E-state index contributed by atoms with van der Waals surface area (Å²) in [5.74, 6) is -0.193. The molecule has 4 rings (SSSR count). The number of nitriles is 1. The van der Waals surface area contributed by atoms with Crippen LogP contribution in [-0.4, -0.2) is 54.8 Å². The van der Waals surface area contributed by atoms with E-state index in [2.05, 4.69) is 10.3 Å². The van der Waals surface area contributed by atoms with Crippen molar-refractivity contribution in [2.24, 2.45) is 0 Å². The summed E-state index contributed by atoms with van der Waals surface area (Å²) in [7, 11) is -1.88. The molecule has 1 saturated heterocycles. The Bertz CT molecular complexity index is 1620. The number of likely N-dealkylation sites (N-methyl/N-ethyl adjacent to an activating group) is 1. The number of likely N-dealkylation sites (tertiary alicyclic amines) is 1. The average molecular weight is 582 g/mol. The van der Waals surface area contributed by atoms with Crippen molar-refractivity contribution in [2.75, 3.05) is 25.9 Å². The zero-order chi connectivity index (χ0) is 28.5. The highest BCUT2D eigenvalue weighted by molar-refractivity contribution is 7.91. The third-order valence-corrected chi connectivity index (χ3v) is 9.08. The fourth-order valence-corrected chi connectivity index (χ4v) is 6.27. The second-order valence-electron chi connectivity index (χ2n) is 9.48. The first-order chi connectivity index (χ1) is 18.4. The Morgan fingerprint density at radius 1 is 1.26 bits per heavy atom. The van der Waals surface area contributed by atoms with Gasteiger partial charge >= 0.3 is 6.18 Å². The van der Waals surface area contributed by atoms with Gasteiger partial charge in [-0.05, 0) is 61.8 Å². The van der Waals surface area contributed by atoms with Gasteiger partial charge in [0.15, 0.2) is 9.84 Å². The Hall–Kier alpha value is -2.98. The van der Waals surface area contributed by atoms with Crippen LogP contribution in [0.3, 0.4) is 0 Å². The molecule has 1 aromatic heterocycles. The summed E-state index contributed by atoms with van der Waals surface area (Å²) in [5, 5.41) is 12.9. The van der Waals surface area contributed by atoms with Crippen LogP contribution in [0, 0.1) is 11.3 Å². The normalized spacial score (nSPS) is 16.9. The molecule has 0 radical (unpaired) electrons. The molecule has 1 atom stereocenters. The molecule has 1 N–H and O–H groups in total. The molecule has 2 heterocycles. The number of piperidine rings is 1. The number of fused-ring (bicyclic) bond motifs is 1. The maximum atomic E-state index is 14.3. The van der Waals surface area contributed by atoms with Gasteiger partial charge in [0.2, 0.25) is 0 Å². The highest BCUT2D eigenvalue weighted by Gasteiger charge is 2.37. The van der Waals surface area contributed by atoms with Crippen molar-refractivity contribution >= 4 is 32.3 Å². The van der Waals surface area contributed by atoms with Crippen LogP contribution in [0.15, 0.2) is 40.3 Å². The van der Waals surface area contributed by atoms with Gasteiger partial charge in [0, 0.05) is 24.2 Å². The molecule has 0 bridgehead atoms. The number of benzene rings is 2. The topological polar surface area (TPSA) is 108 Å². The molecule has 1 aliphatic rings. The number of aromatic nitrogens is 2. The van der Waals surface area contributed by atoms with Crippen LogP contribution in [0.5, 0.6) is 0 Å². The summed E-state index contributed by atoms with van der Waals surface area (Å²) in [6.45, 7) is 2.17. The molecule has 0 saturated carbocycles. The SMILES string of the molecule is CCS(=O)(=O)c1ccc(Cl)cc1Cn1cnc2c(C#N)c(CN3CCC[C@H](NC)C3)c(C(F)(F)F)cc2c1=O. The van der Waals surface area contributed by atoms with Crippen molar-refractivity contribution in [1.82, 2.24) is 19.8 Å². The van der Waals surface area contributed by atoms with E-state index < -0.39 is 27.1 Å². The Morgan fingerprint density at radius 3 is 2.64 bits per heavy atom. The Morgan fingerprint density at radius 2 is 2.00 bits per heavy atom. The molecule has 3 aromatic rings. The summed E-state index contributed by atoms with van der Waals surface area (Å²) < 4.78 is 69.0. The summed E-state index contributed by atoms with van der Waals surface area (Å²) in [4.78, 5) is 19.5. The second-order valence-corrected chi connectivity index (χ2v) is 12.2. The van der Waals surface area contributed by atoms with Crippen molar-refractivity contribution in [1.29, 1.82) is 5.26 Å². The molecule has 1 fully saturated rings.